The largest absolute Gasteiger partial charge is 0.329 e. The van der Waals surface area contributed by atoms with Gasteiger partial charge in [0.15, 0.2) is 0 Å². The average molecular weight is 247 g/mol. The van der Waals surface area contributed by atoms with Crippen LogP contribution in [0.25, 0.3) is 0 Å². The predicted molar refractivity (Wildman–Crippen MR) is 76.4 cm³/mol. The van der Waals surface area contributed by atoms with Gasteiger partial charge in [0.2, 0.25) is 0 Å². The van der Waals surface area contributed by atoms with Crippen LogP contribution in [0, 0.1) is 0 Å². The molecule has 1 fully saturated rings. The SMILES string of the molecule is CC1CCN(Cc2ccccc2)CC(CN)N1C. The molecule has 1 heterocycles. The molecule has 1 aromatic carbocycles. The smallest absolute Gasteiger partial charge is 0.0345 e. The maximum Gasteiger partial charge on any atom is 0.0345 e. The normalized spacial score (nSPS) is 27.1. The number of hydrogen-bond donors (Lipinski definition) is 1. The minimum Gasteiger partial charge on any atom is -0.329 e. The molecular formula is C15H25N3. The molecule has 0 aliphatic carbocycles. The number of benzene rings is 1. The number of hydrogen-bond acceptors (Lipinski definition) is 3. The van der Waals surface area contributed by atoms with Gasteiger partial charge in [-0.2, -0.15) is 0 Å². The highest BCUT2D eigenvalue weighted by molar-refractivity contribution is 5.14. The van der Waals surface area contributed by atoms with Crippen molar-refractivity contribution in [1.82, 2.24) is 9.80 Å². The van der Waals surface area contributed by atoms with Crippen molar-refractivity contribution in [2.24, 2.45) is 5.73 Å². The molecule has 3 nitrogen and oxygen atoms in total. The zero-order valence-electron chi connectivity index (χ0n) is 11.5. The maximum atomic E-state index is 5.91. The Kier molecular flexibility index (Phi) is 4.75. The first-order valence-corrected chi connectivity index (χ1v) is 6.89. The third-order valence-electron chi connectivity index (χ3n) is 4.12. The van der Waals surface area contributed by atoms with Crippen LogP contribution >= 0.6 is 0 Å². The van der Waals surface area contributed by atoms with E-state index in [4.69, 9.17) is 5.73 Å². The lowest BCUT2D eigenvalue weighted by Crippen LogP contribution is -2.46. The van der Waals surface area contributed by atoms with Crippen molar-refractivity contribution in [2.75, 3.05) is 26.7 Å². The van der Waals surface area contributed by atoms with Crippen molar-refractivity contribution in [2.45, 2.75) is 32.0 Å². The molecule has 2 atom stereocenters. The average Bonchev–Trinajstić information content (AvgIpc) is 2.53. The van der Waals surface area contributed by atoms with Crippen molar-refractivity contribution in [1.29, 1.82) is 0 Å². The fourth-order valence-corrected chi connectivity index (χ4v) is 2.68. The lowest BCUT2D eigenvalue weighted by Gasteiger charge is -2.30. The quantitative estimate of drug-likeness (QED) is 0.879. The van der Waals surface area contributed by atoms with E-state index >= 15 is 0 Å². The van der Waals surface area contributed by atoms with E-state index in [0.717, 1.165) is 26.2 Å². The van der Waals surface area contributed by atoms with Crippen LogP contribution in [-0.4, -0.2) is 48.6 Å². The molecule has 3 heteroatoms. The minimum absolute atomic E-state index is 0.478. The summed E-state index contributed by atoms with van der Waals surface area (Å²) < 4.78 is 0. The van der Waals surface area contributed by atoms with E-state index in [1.807, 2.05) is 0 Å². The molecule has 2 N–H and O–H groups in total. The summed E-state index contributed by atoms with van der Waals surface area (Å²) in [6.45, 7) is 6.32. The van der Waals surface area contributed by atoms with Crippen LogP contribution < -0.4 is 5.73 Å². The summed E-state index contributed by atoms with van der Waals surface area (Å²) in [5.74, 6) is 0. The van der Waals surface area contributed by atoms with E-state index in [0.29, 0.717) is 12.1 Å². The zero-order chi connectivity index (χ0) is 13.0. The number of rotatable bonds is 3. The van der Waals surface area contributed by atoms with Gasteiger partial charge in [0.05, 0.1) is 0 Å². The Labute approximate surface area is 111 Å². The van der Waals surface area contributed by atoms with Gasteiger partial charge < -0.3 is 5.73 Å². The van der Waals surface area contributed by atoms with Gasteiger partial charge >= 0.3 is 0 Å². The second kappa shape index (κ2) is 6.32. The van der Waals surface area contributed by atoms with Gasteiger partial charge in [0.1, 0.15) is 0 Å². The molecule has 1 saturated heterocycles. The van der Waals surface area contributed by atoms with Crippen LogP contribution in [0.5, 0.6) is 0 Å². The third kappa shape index (κ3) is 3.31. The summed E-state index contributed by atoms with van der Waals surface area (Å²) in [4.78, 5) is 4.97. The van der Waals surface area contributed by atoms with Gasteiger partial charge in [-0.3, -0.25) is 9.80 Å². The van der Waals surface area contributed by atoms with Gasteiger partial charge in [-0.15, -0.1) is 0 Å². The number of nitrogens with zero attached hydrogens (tertiary/aromatic N) is 2. The van der Waals surface area contributed by atoms with E-state index in [1.54, 1.807) is 0 Å². The Morgan fingerprint density at radius 2 is 2.00 bits per heavy atom. The van der Waals surface area contributed by atoms with E-state index in [9.17, 15) is 0 Å². The standard InChI is InChI=1S/C15H25N3/c1-13-8-9-18(12-15(10-16)17(13)2)11-14-6-4-3-5-7-14/h3-7,13,15H,8-12,16H2,1-2H3. The van der Waals surface area contributed by atoms with Crippen molar-refractivity contribution in [3.8, 4) is 0 Å². The lowest BCUT2D eigenvalue weighted by molar-refractivity contribution is 0.178. The van der Waals surface area contributed by atoms with E-state index in [1.165, 1.54) is 12.0 Å². The maximum absolute atomic E-state index is 5.91. The van der Waals surface area contributed by atoms with Crippen LogP contribution in [-0.2, 0) is 6.54 Å². The number of nitrogens with two attached hydrogens (primary N) is 1. The van der Waals surface area contributed by atoms with Crippen molar-refractivity contribution < 1.29 is 0 Å². The minimum atomic E-state index is 0.478. The Morgan fingerprint density at radius 3 is 2.67 bits per heavy atom. The summed E-state index contributed by atoms with van der Waals surface area (Å²) >= 11 is 0. The molecule has 0 spiro atoms. The summed E-state index contributed by atoms with van der Waals surface area (Å²) in [6.07, 6.45) is 1.22. The molecule has 18 heavy (non-hydrogen) atoms. The molecule has 0 amide bonds. The van der Waals surface area contributed by atoms with Gasteiger partial charge in [-0.1, -0.05) is 30.3 Å². The van der Waals surface area contributed by atoms with Crippen molar-refractivity contribution >= 4 is 0 Å². The molecule has 100 valence electrons. The van der Waals surface area contributed by atoms with E-state index in [-0.39, 0.29) is 0 Å². The van der Waals surface area contributed by atoms with Crippen LogP contribution in [0.3, 0.4) is 0 Å². The highest BCUT2D eigenvalue weighted by Crippen LogP contribution is 2.15. The molecular weight excluding hydrogens is 222 g/mol. The van der Waals surface area contributed by atoms with Gasteiger partial charge in [-0.05, 0) is 26.0 Å². The third-order valence-corrected chi connectivity index (χ3v) is 4.12. The van der Waals surface area contributed by atoms with Crippen LogP contribution in [0.4, 0.5) is 0 Å². The Balaban J connectivity index is 2.01. The first-order chi connectivity index (χ1) is 8.70. The molecule has 1 aromatic rings. The second-order valence-corrected chi connectivity index (χ2v) is 5.41. The summed E-state index contributed by atoms with van der Waals surface area (Å²) in [7, 11) is 2.20. The van der Waals surface area contributed by atoms with Crippen LogP contribution in [0.1, 0.15) is 18.9 Å². The van der Waals surface area contributed by atoms with Gasteiger partial charge in [-0.25, -0.2) is 0 Å². The highest BCUT2D eigenvalue weighted by atomic mass is 15.2. The fraction of sp³-hybridized carbons (Fsp3) is 0.600. The van der Waals surface area contributed by atoms with E-state index in [2.05, 4.69) is 54.1 Å². The molecule has 2 rings (SSSR count). The topological polar surface area (TPSA) is 32.5 Å². The highest BCUT2D eigenvalue weighted by Gasteiger charge is 2.25. The molecule has 1 aliphatic rings. The molecule has 0 aromatic heterocycles. The number of likely N-dealkylation sites (N-methyl/N-ethyl adjacent to an activating group) is 1. The second-order valence-electron chi connectivity index (χ2n) is 5.41. The van der Waals surface area contributed by atoms with Gasteiger partial charge in [0.25, 0.3) is 0 Å². The van der Waals surface area contributed by atoms with Crippen LogP contribution in [0.15, 0.2) is 30.3 Å². The van der Waals surface area contributed by atoms with Crippen LogP contribution in [0.2, 0.25) is 0 Å². The molecule has 1 aliphatic heterocycles. The monoisotopic (exact) mass is 247 g/mol. The lowest BCUT2D eigenvalue weighted by atomic mass is 10.2. The van der Waals surface area contributed by atoms with Crippen molar-refractivity contribution in [3.63, 3.8) is 0 Å². The predicted octanol–water partition coefficient (Wildman–Crippen LogP) is 1.54. The Morgan fingerprint density at radius 1 is 1.28 bits per heavy atom. The summed E-state index contributed by atoms with van der Waals surface area (Å²) in [5, 5.41) is 0. The Bertz CT molecular complexity index is 352. The molecule has 0 bridgehead atoms. The molecule has 0 radical (unpaired) electrons. The Hall–Kier alpha value is -0.900. The van der Waals surface area contributed by atoms with Crippen molar-refractivity contribution in [3.05, 3.63) is 35.9 Å². The van der Waals surface area contributed by atoms with Gasteiger partial charge in [0, 0.05) is 38.3 Å². The molecule has 2 unspecified atom stereocenters. The zero-order valence-corrected chi connectivity index (χ0v) is 11.5. The summed E-state index contributed by atoms with van der Waals surface area (Å²) in [6, 6.07) is 11.8. The first kappa shape index (κ1) is 13.5. The fourth-order valence-electron chi connectivity index (χ4n) is 2.68. The van der Waals surface area contributed by atoms with E-state index < -0.39 is 0 Å². The summed E-state index contributed by atoms with van der Waals surface area (Å²) in [5.41, 5.74) is 7.31. The molecule has 0 saturated carbocycles. The first-order valence-electron chi connectivity index (χ1n) is 6.89.